The van der Waals surface area contributed by atoms with Crippen LogP contribution in [0.4, 0.5) is 5.69 Å². The van der Waals surface area contributed by atoms with Gasteiger partial charge in [0, 0.05) is 17.3 Å². The Balaban J connectivity index is 1.89. The number of hydrogen-bond donors (Lipinski definition) is 1. The van der Waals surface area contributed by atoms with Gasteiger partial charge in [-0.2, -0.15) is 0 Å². The highest BCUT2D eigenvalue weighted by Crippen LogP contribution is 2.30. The fourth-order valence-electron chi connectivity index (χ4n) is 2.61. The Kier molecular flexibility index (Phi) is 2.44. The van der Waals surface area contributed by atoms with Gasteiger partial charge in [0.2, 0.25) is 5.91 Å². The van der Waals surface area contributed by atoms with Gasteiger partial charge in [-0.15, -0.1) is 0 Å². The van der Waals surface area contributed by atoms with Crippen LogP contribution < -0.4 is 10.7 Å². The van der Waals surface area contributed by atoms with E-state index < -0.39 is 0 Å². The average molecular weight is 277 g/mol. The molecule has 0 saturated carbocycles. The molecule has 4 heteroatoms. The first-order valence-electron chi connectivity index (χ1n) is 6.67. The van der Waals surface area contributed by atoms with Crippen molar-refractivity contribution in [3.05, 3.63) is 64.3 Å². The van der Waals surface area contributed by atoms with Gasteiger partial charge in [0.15, 0.2) is 5.43 Å². The first-order chi connectivity index (χ1) is 10.2. The van der Waals surface area contributed by atoms with Crippen LogP contribution in [0, 0.1) is 0 Å². The van der Waals surface area contributed by atoms with Crippen molar-refractivity contribution in [3.63, 3.8) is 0 Å². The van der Waals surface area contributed by atoms with E-state index in [2.05, 4.69) is 5.32 Å². The number of fused-ring (bicyclic) bond motifs is 2. The topological polar surface area (TPSA) is 59.3 Å². The Hall–Kier alpha value is -2.88. The van der Waals surface area contributed by atoms with Crippen molar-refractivity contribution in [2.24, 2.45) is 0 Å². The molecule has 0 saturated heterocycles. The molecule has 0 bridgehead atoms. The van der Waals surface area contributed by atoms with Gasteiger partial charge in [0.1, 0.15) is 11.3 Å². The van der Waals surface area contributed by atoms with Crippen molar-refractivity contribution in [1.82, 2.24) is 0 Å². The van der Waals surface area contributed by atoms with Crippen molar-refractivity contribution >= 4 is 22.6 Å². The summed E-state index contributed by atoms with van der Waals surface area (Å²) in [5.41, 5.74) is 3.01. The average Bonchev–Trinajstić information content (AvgIpc) is 2.86. The maximum atomic E-state index is 12.1. The molecular weight excluding hydrogens is 266 g/mol. The minimum Gasteiger partial charge on any atom is -0.456 e. The Morgan fingerprint density at radius 1 is 1.00 bits per heavy atom. The third-order valence-corrected chi connectivity index (χ3v) is 3.65. The zero-order valence-corrected chi connectivity index (χ0v) is 11.1. The molecular formula is C17H11NO3. The molecule has 0 radical (unpaired) electrons. The zero-order chi connectivity index (χ0) is 14.4. The first-order valence-corrected chi connectivity index (χ1v) is 6.67. The number of carbonyl (C=O) groups is 1. The number of benzene rings is 2. The number of carbonyl (C=O) groups excluding carboxylic acids is 1. The van der Waals surface area contributed by atoms with Crippen LogP contribution >= 0.6 is 0 Å². The van der Waals surface area contributed by atoms with E-state index in [9.17, 15) is 9.59 Å². The van der Waals surface area contributed by atoms with E-state index in [0.29, 0.717) is 23.2 Å². The summed E-state index contributed by atoms with van der Waals surface area (Å²) < 4.78 is 5.80. The van der Waals surface area contributed by atoms with Crippen LogP contribution in [0.15, 0.2) is 57.7 Å². The lowest BCUT2D eigenvalue weighted by atomic mass is 10.1. The van der Waals surface area contributed by atoms with Crippen molar-refractivity contribution in [1.29, 1.82) is 0 Å². The van der Waals surface area contributed by atoms with E-state index >= 15 is 0 Å². The van der Waals surface area contributed by atoms with Crippen LogP contribution in [-0.4, -0.2) is 5.91 Å². The minimum atomic E-state index is -0.0728. The summed E-state index contributed by atoms with van der Waals surface area (Å²) in [6.07, 6.45) is 0.400. The Morgan fingerprint density at radius 3 is 2.76 bits per heavy atom. The van der Waals surface area contributed by atoms with Gasteiger partial charge in [-0.1, -0.05) is 24.3 Å². The van der Waals surface area contributed by atoms with Crippen LogP contribution in [0.3, 0.4) is 0 Å². The molecule has 1 aliphatic heterocycles. The third-order valence-electron chi connectivity index (χ3n) is 3.65. The molecule has 1 N–H and O–H groups in total. The molecule has 4 rings (SSSR count). The van der Waals surface area contributed by atoms with Crippen LogP contribution in [0.5, 0.6) is 0 Å². The summed E-state index contributed by atoms with van der Waals surface area (Å²) in [6, 6.07) is 14.2. The second-order valence-electron chi connectivity index (χ2n) is 5.07. The summed E-state index contributed by atoms with van der Waals surface area (Å²) in [6.45, 7) is 0. The predicted molar refractivity (Wildman–Crippen MR) is 80.3 cm³/mol. The largest absolute Gasteiger partial charge is 0.456 e. The fraction of sp³-hybridized carbons (Fsp3) is 0.0588. The zero-order valence-electron chi connectivity index (χ0n) is 11.1. The quantitative estimate of drug-likeness (QED) is 0.744. The lowest BCUT2D eigenvalue weighted by molar-refractivity contribution is -0.115. The lowest BCUT2D eigenvalue weighted by Gasteiger charge is -2.05. The van der Waals surface area contributed by atoms with E-state index in [1.54, 1.807) is 12.1 Å². The SMILES string of the molecule is O=C1Cc2ccc(-c3cc(=O)c4ccccc4o3)cc2N1. The molecule has 102 valence electrons. The molecule has 1 aromatic heterocycles. The van der Waals surface area contributed by atoms with Gasteiger partial charge in [-0.3, -0.25) is 9.59 Å². The second kappa shape index (κ2) is 4.31. The normalized spacial score (nSPS) is 13.2. The standard InChI is InChI=1S/C17H11NO3/c19-14-9-16(21-15-4-2-1-3-12(14)15)11-6-5-10-8-17(20)18-13(10)7-11/h1-7,9H,8H2,(H,18,20). The van der Waals surface area contributed by atoms with Crippen molar-refractivity contribution in [3.8, 4) is 11.3 Å². The van der Waals surface area contributed by atoms with Crippen LogP contribution in [-0.2, 0) is 11.2 Å². The van der Waals surface area contributed by atoms with Crippen LogP contribution in [0.1, 0.15) is 5.56 Å². The molecule has 21 heavy (non-hydrogen) atoms. The lowest BCUT2D eigenvalue weighted by Crippen LogP contribution is -2.03. The smallest absolute Gasteiger partial charge is 0.228 e. The molecule has 3 aromatic rings. The highest BCUT2D eigenvalue weighted by Gasteiger charge is 2.18. The maximum absolute atomic E-state index is 12.1. The van der Waals surface area contributed by atoms with Gasteiger partial charge < -0.3 is 9.73 Å². The Labute approximate surface area is 120 Å². The van der Waals surface area contributed by atoms with Gasteiger partial charge in [0.25, 0.3) is 0 Å². The van der Waals surface area contributed by atoms with E-state index in [4.69, 9.17) is 4.42 Å². The van der Waals surface area contributed by atoms with E-state index in [0.717, 1.165) is 16.8 Å². The van der Waals surface area contributed by atoms with E-state index in [1.165, 1.54) is 6.07 Å². The van der Waals surface area contributed by atoms with Crippen LogP contribution in [0.25, 0.3) is 22.3 Å². The number of anilines is 1. The summed E-state index contributed by atoms with van der Waals surface area (Å²) >= 11 is 0. The minimum absolute atomic E-state index is 0.0119. The van der Waals surface area contributed by atoms with Crippen LogP contribution in [0.2, 0.25) is 0 Å². The molecule has 1 aliphatic rings. The molecule has 2 aromatic carbocycles. The molecule has 0 atom stereocenters. The number of para-hydroxylation sites is 1. The number of hydrogen-bond acceptors (Lipinski definition) is 3. The summed E-state index contributed by atoms with van der Waals surface area (Å²) in [7, 11) is 0. The number of amides is 1. The highest BCUT2D eigenvalue weighted by atomic mass is 16.3. The van der Waals surface area contributed by atoms with Gasteiger partial charge in [-0.25, -0.2) is 0 Å². The van der Waals surface area contributed by atoms with Gasteiger partial charge in [-0.05, 0) is 23.8 Å². The van der Waals surface area contributed by atoms with E-state index in [1.807, 2.05) is 30.3 Å². The molecule has 1 amide bonds. The summed E-state index contributed by atoms with van der Waals surface area (Å²) in [4.78, 5) is 23.5. The third kappa shape index (κ3) is 1.92. The monoisotopic (exact) mass is 277 g/mol. The molecule has 0 fully saturated rings. The molecule has 2 heterocycles. The molecule has 0 aliphatic carbocycles. The Morgan fingerprint density at radius 2 is 1.86 bits per heavy atom. The fourth-order valence-corrected chi connectivity index (χ4v) is 2.61. The number of rotatable bonds is 1. The van der Waals surface area contributed by atoms with Gasteiger partial charge in [0.05, 0.1) is 11.8 Å². The molecule has 4 nitrogen and oxygen atoms in total. The highest BCUT2D eigenvalue weighted by molar-refractivity contribution is 5.99. The number of nitrogens with one attached hydrogen (secondary N) is 1. The summed E-state index contributed by atoms with van der Waals surface area (Å²) in [5.74, 6) is 0.491. The predicted octanol–water partition coefficient (Wildman–Crippen LogP) is 2.95. The van der Waals surface area contributed by atoms with E-state index in [-0.39, 0.29) is 11.3 Å². The first kappa shape index (κ1) is 11.9. The molecule has 0 unspecified atom stereocenters. The molecule has 0 spiro atoms. The Bertz CT molecular complexity index is 940. The summed E-state index contributed by atoms with van der Waals surface area (Å²) in [5, 5.41) is 3.37. The second-order valence-corrected chi connectivity index (χ2v) is 5.07. The van der Waals surface area contributed by atoms with Crippen molar-refractivity contribution in [2.75, 3.05) is 5.32 Å². The van der Waals surface area contributed by atoms with Gasteiger partial charge >= 0.3 is 0 Å². The maximum Gasteiger partial charge on any atom is 0.228 e. The van der Waals surface area contributed by atoms with Crippen molar-refractivity contribution < 1.29 is 9.21 Å². The van der Waals surface area contributed by atoms with Crippen molar-refractivity contribution in [2.45, 2.75) is 6.42 Å².